The van der Waals surface area contributed by atoms with Gasteiger partial charge in [0.1, 0.15) is 47.8 Å². The molecule has 2 aromatic rings. The van der Waals surface area contributed by atoms with Crippen LogP contribution in [0.4, 0.5) is 21.0 Å². The fourth-order valence-electron chi connectivity index (χ4n) is 10.4. The second-order valence-corrected chi connectivity index (χ2v) is 23.9. The van der Waals surface area contributed by atoms with Crippen molar-refractivity contribution in [3.8, 4) is 5.75 Å². The van der Waals surface area contributed by atoms with Gasteiger partial charge in [0.15, 0.2) is 5.72 Å². The molecule has 10 atom stereocenters. The molecule has 4 bridgehead atoms. The van der Waals surface area contributed by atoms with Gasteiger partial charge >= 0.3 is 18.1 Å². The Labute approximate surface area is 521 Å². The number of aliphatic hydroxyl groups is 1. The molecule has 9 amide bonds. The van der Waals surface area contributed by atoms with E-state index in [1.165, 1.54) is 51.3 Å². The smallest absolute Gasteiger partial charge is 0.409 e. The maximum atomic E-state index is 14.7. The number of nitrogens with zero attached hydrogens (tertiary/aromatic N) is 2. The first kappa shape index (κ1) is 70.7. The first-order chi connectivity index (χ1) is 41.0. The Morgan fingerprint density at radius 3 is 2.36 bits per heavy atom. The number of primary amides is 1. The number of amides is 9. The SMILES string of the molecule is C=C(CBr)C(=O)NCCCCCC(=O)N[C@H](C(=O)N[C@@H](CCCNC(N)=O)C(=O)Nc1cc(OC)ccc1C(=O)N(C)[C@@H](C)C(=O)O[C@H]1CC(=O)N(C)c2cc(cc(C)c2Cl)C/C(C)=C/C=C/[C@@H](OC)[C@@]2(O)C[C@H](OC(=O)N2)[C@@H](C)[C@@H]2O[C@@]12C)C(C)C. The monoisotopic (exact) mass is 1300 g/mol. The molecular formula is C61H85BrClN9O15. The summed E-state index contributed by atoms with van der Waals surface area (Å²) in [5, 5.41) is 28.6. The lowest BCUT2D eigenvalue weighted by Crippen LogP contribution is -2.63. The molecule has 0 aliphatic carbocycles. The molecule has 2 aromatic carbocycles. The van der Waals surface area contributed by atoms with Gasteiger partial charge in [0.2, 0.25) is 29.5 Å². The summed E-state index contributed by atoms with van der Waals surface area (Å²) in [6.07, 6.45) is 1.97. The highest BCUT2D eigenvalue weighted by molar-refractivity contribution is 9.09. The van der Waals surface area contributed by atoms with E-state index >= 15 is 0 Å². The van der Waals surface area contributed by atoms with Gasteiger partial charge in [-0.05, 0) is 95.0 Å². The molecule has 3 aliphatic rings. The van der Waals surface area contributed by atoms with Crippen molar-refractivity contribution < 1.29 is 71.9 Å². The Morgan fingerprint density at radius 2 is 1.70 bits per heavy atom. The van der Waals surface area contributed by atoms with Gasteiger partial charge in [0.25, 0.3) is 5.91 Å². The summed E-state index contributed by atoms with van der Waals surface area (Å²) in [7, 11) is 5.68. The lowest BCUT2D eigenvalue weighted by molar-refractivity contribution is -0.158. The average Bonchev–Trinajstić information content (AvgIpc) is 1.60. The number of alkyl carbamates (subject to hydrolysis) is 1. The molecule has 3 heterocycles. The number of urea groups is 1. The van der Waals surface area contributed by atoms with E-state index in [-0.39, 0.29) is 55.1 Å². The predicted molar refractivity (Wildman–Crippen MR) is 330 cm³/mol. The minimum atomic E-state index is -1.92. The molecule has 478 valence electrons. The third-order valence-electron chi connectivity index (χ3n) is 15.9. The van der Waals surface area contributed by atoms with Crippen LogP contribution in [0.25, 0.3) is 0 Å². The molecular weight excluding hydrogens is 1210 g/mol. The van der Waals surface area contributed by atoms with Crippen molar-refractivity contribution in [1.82, 2.24) is 31.5 Å². The number of aryl methyl sites for hydroxylation is 1. The van der Waals surface area contributed by atoms with Crippen LogP contribution < -0.4 is 47.3 Å². The third kappa shape index (κ3) is 19.0. The number of rotatable bonds is 24. The fourth-order valence-corrected chi connectivity index (χ4v) is 10.9. The number of fused-ring (bicyclic) bond motifs is 5. The minimum Gasteiger partial charge on any atom is -0.497 e. The Hall–Kier alpha value is -7.06. The molecule has 0 aromatic heterocycles. The van der Waals surface area contributed by atoms with Gasteiger partial charge in [0, 0.05) is 70.0 Å². The summed E-state index contributed by atoms with van der Waals surface area (Å²) in [4.78, 5) is 125. The summed E-state index contributed by atoms with van der Waals surface area (Å²) in [5.41, 5.74) is 5.05. The Kier molecular flexibility index (Phi) is 25.8. The molecule has 0 unspecified atom stereocenters. The van der Waals surface area contributed by atoms with Crippen LogP contribution in [0.3, 0.4) is 0 Å². The summed E-state index contributed by atoms with van der Waals surface area (Å²) in [5.74, 6) is -5.21. The highest BCUT2D eigenvalue weighted by Gasteiger charge is 2.64. The average molecular weight is 1300 g/mol. The van der Waals surface area contributed by atoms with E-state index in [1.807, 2.05) is 26.0 Å². The normalized spacial score (nSPS) is 24.0. The van der Waals surface area contributed by atoms with Gasteiger partial charge in [-0.3, -0.25) is 34.1 Å². The van der Waals surface area contributed by atoms with Gasteiger partial charge in [-0.25, -0.2) is 14.4 Å². The summed E-state index contributed by atoms with van der Waals surface area (Å²) in [6.45, 7) is 16.1. The molecule has 9 N–H and O–H groups in total. The van der Waals surface area contributed by atoms with E-state index < -0.39 is 120 Å². The van der Waals surface area contributed by atoms with E-state index in [2.05, 4.69) is 54.4 Å². The lowest BCUT2D eigenvalue weighted by Gasteiger charge is -2.42. The van der Waals surface area contributed by atoms with Crippen molar-refractivity contribution in [3.05, 3.63) is 88.0 Å². The number of nitrogens with two attached hydrogens (primary N) is 1. The number of carbonyl (C=O) groups is 9. The van der Waals surface area contributed by atoms with Crippen molar-refractivity contribution in [2.75, 3.05) is 57.0 Å². The number of hydrogen-bond donors (Lipinski definition) is 8. The predicted octanol–water partition coefficient (Wildman–Crippen LogP) is 5.78. The number of epoxide rings is 1. The van der Waals surface area contributed by atoms with Crippen LogP contribution >= 0.6 is 27.5 Å². The Balaban J connectivity index is 1.39. The number of halogens is 2. The summed E-state index contributed by atoms with van der Waals surface area (Å²) in [6, 6.07) is 3.40. The van der Waals surface area contributed by atoms with E-state index in [1.54, 1.807) is 53.0 Å². The van der Waals surface area contributed by atoms with Crippen molar-refractivity contribution in [2.45, 2.75) is 160 Å². The topological polar surface area (TPSA) is 328 Å². The zero-order valence-electron chi connectivity index (χ0n) is 51.4. The number of carbonyl (C=O) groups excluding carboxylic acids is 9. The number of unbranched alkanes of at least 4 members (excludes halogenated alkanes) is 2. The molecule has 87 heavy (non-hydrogen) atoms. The van der Waals surface area contributed by atoms with Crippen molar-refractivity contribution in [1.29, 1.82) is 0 Å². The van der Waals surface area contributed by atoms with E-state index in [9.17, 15) is 48.3 Å². The molecule has 0 radical (unpaired) electrons. The molecule has 0 saturated carbocycles. The van der Waals surface area contributed by atoms with E-state index in [0.717, 1.165) is 16.0 Å². The molecule has 0 spiro atoms. The van der Waals surface area contributed by atoms with Crippen LogP contribution in [0, 0.1) is 18.8 Å². The van der Waals surface area contributed by atoms with Crippen LogP contribution in [0.15, 0.2) is 66.3 Å². The number of anilines is 2. The number of methoxy groups -OCH3 is 2. The van der Waals surface area contributed by atoms with Crippen LogP contribution in [-0.4, -0.2) is 164 Å². The maximum absolute atomic E-state index is 14.7. The minimum absolute atomic E-state index is 0.0392. The van der Waals surface area contributed by atoms with Crippen LogP contribution in [0.1, 0.15) is 114 Å². The number of esters is 1. The van der Waals surface area contributed by atoms with Gasteiger partial charge in [-0.2, -0.15) is 0 Å². The number of alkyl halides is 1. The van der Waals surface area contributed by atoms with E-state index in [0.29, 0.717) is 59.4 Å². The number of allylic oxidation sites excluding steroid dienone is 3. The van der Waals surface area contributed by atoms with Gasteiger partial charge in [0.05, 0.1) is 41.6 Å². The molecule has 26 heteroatoms. The first-order valence-corrected chi connectivity index (χ1v) is 30.4. The molecule has 3 aliphatic heterocycles. The molecule has 2 saturated heterocycles. The number of ether oxygens (including phenoxy) is 5. The lowest BCUT2D eigenvalue weighted by atomic mass is 9.83. The van der Waals surface area contributed by atoms with Crippen molar-refractivity contribution in [3.63, 3.8) is 0 Å². The highest BCUT2D eigenvalue weighted by atomic mass is 79.9. The Bertz CT molecular complexity index is 2960. The van der Waals surface area contributed by atoms with Crippen LogP contribution in [0.5, 0.6) is 5.75 Å². The molecule has 2 fully saturated rings. The first-order valence-electron chi connectivity index (χ1n) is 28.9. The third-order valence-corrected chi connectivity index (χ3v) is 17.0. The van der Waals surface area contributed by atoms with Gasteiger partial charge < -0.3 is 70.9 Å². The molecule has 24 nitrogen and oxygen atoms in total. The van der Waals surface area contributed by atoms with Crippen LogP contribution in [0.2, 0.25) is 5.02 Å². The quantitative estimate of drug-likeness (QED) is 0.0203. The van der Waals surface area contributed by atoms with E-state index in [4.69, 9.17) is 41.0 Å². The number of hydrogen-bond acceptors (Lipinski definition) is 15. The second kappa shape index (κ2) is 31.7. The fraction of sp³-hybridized carbons (Fsp3) is 0.557. The van der Waals surface area contributed by atoms with Crippen molar-refractivity contribution in [2.24, 2.45) is 17.6 Å². The number of likely N-dealkylation sites (N-methyl/N-ethyl adjacent to an activating group) is 1. The number of nitrogens with one attached hydrogen (secondary N) is 6. The van der Waals surface area contributed by atoms with Gasteiger partial charge in [-0.1, -0.05) is 91.2 Å². The highest BCUT2D eigenvalue weighted by Crippen LogP contribution is 2.49. The standard InChI is InChI=1S/C61H85BrClN9O15/c1-33(2)51(69-48(73)21-14-13-15-24-65-53(75)36(5)32-62)55(77)67-42(19-17-25-66-58(64)80)54(76)68-43-29-40(83-11)22-23-41(43)56(78)71(9)38(7)57(79)86-47-30-49(74)72(10)44-28-39(27-35(4)50(44)63)26-34(3)18-16-20-46(84-12)61(82)31-45(85-59(81)70-61)37(6)52-60(47,8)87-52/h16,18,20,22-23,27-29,33,37-38,42,45-47,51-52,82H,5,13-15,17,19,21,24-26,30-32H2,1-4,6-12H3,(H,65,75)(H,67,77)(H,68,76)(H,69,73)(H,70,81)(H3,64,66,80)/b20-16+,34-18+/t37-,38+,42+,45+,46-,47+,51+,52+,60+,61+/m1/s1. The summed E-state index contributed by atoms with van der Waals surface area (Å²) >= 11 is 10.1. The second-order valence-electron chi connectivity index (χ2n) is 22.9. The summed E-state index contributed by atoms with van der Waals surface area (Å²) < 4.78 is 29.5. The van der Waals surface area contributed by atoms with Crippen LogP contribution in [-0.2, 0) is 54.1 Å². The Morgan fingerprint density at radius 1 is 1.00 bits per heavy atom. The van der Waals surface area contributed by atoms with Crippen molar-refractivity contribution >= 4 is 92.4 Å². The number of benzene rings is 2. The zero-order chi connectivity index (χ0) is 64.7. The zero-order valence-corrected chi connectivity index (χ0v) is 53.7. The molecule has 5 rings (SSSR count). The van der Waals surface area contributed by atoms with Gasteiger partial charge in [-0.15, -0.1) is 0 Å². The largest absolute Gasteiger partial charge is 0.497 e. The maximum Gasteiger partial charge on any atom is 0.409 e.